The van der Waals surface area contributed by atoms with Gasteiger partial charge in [-0.2, -0.15) is 4.31 Å². The van der Waals surface area contributed by atoms with Gasteiger partial charge in [0.1, 0.15) is 0 Å². The van der Waals surface area contributed by atoms with Crippen LogP contribution >= 0.6 is 0 Å². The molecule has 5 heteroatoms. The van der Waals surface area contributed by atoms with Crippen LogP contribution in [0.2, 0.25) is 0 Å². The predicted molar refractivity (Wildman–Crippen MR) is 46.3 cm³/mol. The van der Waals surface area contributed by atoms with Gasteiger partial charge in [-0.05, 0) is 18.9 Å². The van der Waals surface area contributed by atoms with Crippen LogP contribution in [0.3, 0.4) is 0 Å². The summed E-state index contributed by atoms with van der Waals surface area (Å²) < 4.78 is 24.2. The van der Waals surface area contributed by atoms with E-state index in [-0.39, 0.29) is 6.04 Å². The lowest BCUT2D eigenvalue weighted by molar-refractivity contribution is 0.386. The van der Waals surface area contributed by atoms with Gasteiger partial charge in [0.25, 0.3) is 0 Å². The molecule has 2 atom stereocenters. The van der Waals surface area contributed by atoms with Crippen molar-refractivity contribution in [2.45, 2.75) is 12.5 Å². The number of hydrogen-bond donors (Lipinski definition) is 1. The Labute approximate surface area is 73.0 Å². The summed E-state index contributed by atoms with van der Waals surface area (Å²) in [6.07, 6.45) is 2.32. The monoisotopic (exact) mass is 190 g/mol. The normalized spacial score (nSPS) is 37.1. The average Bonchev–Trinajstić information content (AvgIpc) is 2.37. The maximum absolute atomic E-state index is 11.3. The molecule has 70 valence electrons. The van der Waals surface area contributed by atoms with E-state index in [2.05, 4.69) is 5.32 Å². The van der Waals surface area contributed by atoms with E-state index in [0.717, 1.165) is 26.1 Å². The number of rotatable bonds is 1. The molecule has 12 heavy (non-hydrogen) atoms. The Morgan fingerprint density at radius 3 is 2.83 bits per heavy atom. The number of sulfonamides is 1. The van der Waals surface area contributed by atoms with Crippen molar-refractivity contribution in [3.8, 4) is 0 Å². The molecular formula is C7H14N2O2S. The van der Waals surface area contributed by atoms with E-state index in [9.17, 15) is 8.42 Å². The van der Waals surface area contributed by atoms with Crippen LogP contribution in [0, 0.1) is 5.92 Å². The van der Waals surface area contributed by atoms with Crippen molar-refractivity contribution >= 4 is 10.0 Å². The summed E-state index contributed by atoms with van der Waals surface area (Å²) in [5, 5.41) is 3.22. The first-order valence-electron chi connectivity index (χ1n) is 4.26. The lowest BCUT2D eigenvalue weighted by atomic mass is 10.1. The number of nitrogens with one attached hydrogen (secondary N) is 1. The predicted octanol–water partition coefficient (Wildman–Crippen LogP) is -0.760. The molecule has 2 heterocycles. The summed E-state index contributed by atoms with van der Waals surface area (Å²) in [5.74, 6) is 0.555. The van der Waals surface area contributed by atoms with E-state index in [1.165, 1.54) is 6.26 Å². The smallest absolute Gasteiger partial charge is 0.211 e. The fourth-order valence-corrected chi connectivity index (χ4v) is 3.40. The molecule has 0 unspecified atom stereocenters. The lowest BCUT2D eigenvalue weighted by Crippen LogP contribution is -2.38. The number of hydrogen-bond acceptors (Lipinski definition) is 3. The highest BCUT2D eigenvalue weighted by Crippen LogP contribution is 2.28. The molecule has 2 saturated heterocycles. The molecule has 0 bridgehead atoms. The summed E-state index contributed by atoms with van der Waals surface area (Å²) in [4.78, 5) is 0. The zero-order chi connectivity index (χ0) is 8.77. The van der Waals surface area contributed by atoms with Crippen LogP contribution in [-0.2, 0) is 10.0 Å². The Hall–Kier alpha value is -0.130. The van der Waals surface area contributed by atoms with Crippen molar-refractivity contribution in [1.82, 2.24) is 9.62 Å². The van der Waals surface area contributed by atoms with Crippen molar-refractivity contribution in [1.29, 1.82) is 0 Å². The van der Waals surface area contributed by atoms with Crippen molar-refractivity contribution in [2.75, 3.05) is 25.9 Å². The van der Waals surface area contributed by atoms with Crippen LogP contribution in [0.25, 0.3) is 0 Å². The van der Waals surface area contributed by atoms with Crippen LogP contribution in [-0.4, -0.2) is 44.7 Å². The van der Waals surface area contributed by atoms with Crippen LogP contribution in [0.5, 0.6) is 0 Å². The van der Waals surface area contributed by atoms with Crippen LogP contribution in [0.15, 0.2) is 0 Å². The molecule has 1 N–H and O–H groups in total. The SMILES string of the molecule is CS(=O)(=O)N1CC[C@H]2CNC[C@H]21. The highest BCUT2D eigenvalue weighted by atomic mass is 32.2. The van der Waals surface area contributed by atoms with Gasteiger partial charge in [0, 0.05) is 19.1 Å². The minimum Gasteiger partial charge on any atom is -0.315 e. The highest BCUT2D eigenvalue weighted by molar-refractivity contribution is 7.88. The first kappa shape index (κ1) is 8.47. The van der Waals surface area contributed by atoms with Gasteiger partial charge in [-0.3, -0.25) is 0 Å². The number of fused-ring (bicyclic) bond motifs is 1. The second-order valence-electron chi connectivity index (χ2n) is 3.65. The van der Waals surface area contributed by atoms with E-state index < -0.39 is 10.0 Å². The van der Waals surface area contributed by atoms with Gasteiger partial charge in [-0.15, -0.1) is 0 Å². The van der Waals surface area contributed by atoms with Gasteiger partial charge in [0.05, 0.1) is 6.26 Å². The fourth-order valence-electron chi connectivity index (χ4n) is 2.22. The molecule has 0 spiro atoms. The van der Waals surface area contributed by atoms with Crippen LogP contribution < -0.4 is 5.32 Å². The average molecular weight is 190 g/mol. The number of nitrogens with zero attached hydrogens (tertiary/aromatic N) is 1. The Balaban J connectivity index is 2.20. The third kappa shape index (κ3) is 1.26. The maximum Gasteiger partial charge on any atom is 0.211 e. The molecule has 0 radical (unpaired) electrons. The molecular weight excluding hydrogens is 176 g/mol. The first-order valence-corrected chi connectivity index (χ1v) is 6.11. The fraction of sp³-hybridized carbons (Fsp3) is 1.00. The Morgan fingerprint density at radius 1 is 1.42 bits per heavy atom. The van der Waals surface area contributed by atoms with Gasteiger partial charge in [0.15, 0.2) is 0 Å². The molecule has 0 aromatic heterocycles. The third-order valence-electron chi connectivity index (χ3n) is 2.82. The molecule has 2 aliphatic heterocycles. The quantitative estimate of drug-likeness (QED) is 0.591. The third-order valence-corrected chi connectivity index (χ3v) is 4.13. The first-order chi connectivity index (χ1) is 5.59. The largest absolute Gasteiger partial charge is 0.315 e. The van der Waals surface area contributed by atoms with Gasteiger partial charge in [-0.1, -0.05) is 0 Å². The van der Waals surface area contributed by atoms with Crippen molar-refractivity contribution in [3.63, 3.8) is 0 Å². The molecule has 0 amide bonds. The molecule has 0 aliphatic carbocycles. The highest BCUT2D eigenvalue weighted by Gasteiger charge is 2.41. The van der Waals surface area contributed by atoms with Crippen LogP contribution in [0.4, 0.5) is 0 Å². The summed E-state index contributed by atoms with van der Waals surface area (Å²) in [5.41, 5.74) is 0. The molecule has 2 aliphatic rings. The Morgan fingerprint density at radius 2 is 2.17 bits per heavy atom. The second kappa shape index (κ2) is 2.68. The molecule has 2 fully saturated rings. The van der Waals surface area contributed by atoms with Crippen molar-refractivity contribution in [2.24, 2.45) is 5.92 Å². The van der Waals surface area contributed by atoms with E-state index >= 15 is 0 Å². The van der Waals surface area contributed by atoms with Gasteiger partial charge in [0.2, 0.25) is 10.0 Å². The van der Waals surface area contributed by atoms with E-state index in [0.29, 0.717) is 5.92 Å². The summed E-state index contributed by atoms with van der Waals surface area (Å²) in [7, 11) is -2.96. The zero-order valence-corrected chi connectivity index (χ0v) is 7.97. The van der Waals surface area contributed by atoms with E-state index in [1.54, 1.807) is 4.31 Å². The molecule has 0 saturated carbocycles. The van der Waals surface area contributed by atoms with Crippen molar-refractivity contribution in [3.05, 3.63) is 0 Å². The molecule has 2 rings (SSSR count). The van der Waals surface area contributed by atoms with E-state index in [4.69, 9.17) is 0 Å². The standard InChI is InChI=1S/C7H14N2O2S/c1-12(10,11)9-3-2-6-4-8-5-7(6)9/h6-8H,2-5H2,1H3/t6-,7+/m0/s1. The van der Waals surface area contributed by atoms with Gasteiger partial charge in [-0.25, -0.2) is 8.42 Å². The summed E-state index contributed by atoms with van der Waals surface area (Å²) in [6, 6.07) is 0.236. The topological polar surface area (TPSA) is 49.4 Å². The van der Waals surface area contributed by atoms with Crippen molar-refractivity contribution < 1.29 is 8.42 Å². The van der Waals surface area contributed by atoms with E-state index in [1.807, 2.05) is 0 Å². The zero-order valence-electron chi connectivity index (χ0n) is 7.16. The van der Waals surface area contributed by atoms with Crippen LogP contribution in [0.1, 0.15) is 6.42 Å². The minimum absolute atomic E-state index is 0.236. The Bertz CT molecular complexity index is 275. The molecule has 0 aromatic rings. The van der Waals surface area contributed by atoms with Gasteiger partial charge >= 0.3 is 0 Å². The maximum atomic E-state index is 11.3. The van der Waals surface area contributed by atoms with Gasteiger partial charge < -0.3 is 5.32 Å². The molecule has 4 nitrogen and oxygen atoms in total. The second-order valence-corrected chi connectivity index (χ2v) is 5.58. The lowest BCUT2D eigenvalue weighted by Gasteiger charge is -2.19. The summed E-state index contributed by atoms with van der Waals surface area (Å²) in [6.45, 7) is 2.53. The summed E-state index contributed by atoms with van der Waals surface area (Å²) >= 11 is 0. The molecule has 0 aromatic carbocycles. The minimum atomic E-state index is -2.96. The Kier molecular flexibility index (Phi) is 1.89.